The molecule has 1 heterocycles. The first kappa shape index (κ1) is 14.8. The van der Waals surface area contributed by atoms with Crippen molar-refractivity contribution in [1.82, 2.24) is 0 Å². The van der Waals surface area contributed by atoms with E-state index in [0.29, 0.717) is 17.4 Å². The van der Waals surface area contributed by atoms with Gasteiger partial charge in [0.1, 0.15) is 11.5 Å². The summed E-state index contributed by atoms with van der Waals surface area (Å²) in [5.41, 5.74) is 1.71. The molecule has 0 radical (unpaired) electrons. The van der Waals surface area contributed by atoms with E-state index in [0.717, 1.165) is 11.1 Å². The second-order valence-electron chi connectivity index (χ2n) is 4.81. The molecule has 0 aromatic heterocycles. The molecule has 0 saturated heterocycles. The van der Waals surface area contributed by atoms with Crippen molar-refractivity contribution < 1.29 is 19.0 Å². The third-order valence-corrected chi connectivity index (χ3v) is 3.37. The smallest absolute Gasteiger partial charge is 0.363 e. The van der Waals surface area contributed by atoms with E-state index in [1.54, 1.807) is 38.5 Å². The van der Waals surface area contributed by atoms with Crippen molar-refractivity contribution in [3.05, 3.63) is 65.4 Å². The monoisotopic (exact) mass is 309 g/mol. The summed E-state index contributed by atoms with van der Waals surface area (Å²) in [6.45, 7) is 0. The van der Waals surface area contributed by atoms with E-state index in [1.165, 1.54) is 0 Å². The fourth-order valence-electron chi connectivity index (χ4n) is 2.20. The summed E-state index contributed by atoms with van der Waals surface area (Å²) in [7, 11) is 3.14. The van der Waals surface area contributed by atoms with Crippen molar-refractivity contribution in [2.24, 2.45) is 4.99 Å². The number of methoxy groups -OCH3 is 2. The summed E-state index contributed by atoms with van der Waals surface area (Å²) in [5, 5.41) is 0. The molecular formula is C18H15NO4. The van der Waals surface area contributed by atoms with E-state index in [9.17, 15) is 4.79 Å². The molecule has 0 N–H and O–H groups in total. The van der Waals surface area contributed by atoms with E-state index < -0.39 is 5.97 Å². The number of rotatable bonds is 4. The minimum absolute atomic E-state index is 0.229. The highest BCUT2D eigenvalue weighted by atomic mass is 16.6. The van der Waals surface area contributed by atoms with Gasteiger partial charge in [-0.25, -0.2) is 9.79 Å². The van der Waals surface area contributed by atoms with E-state index in [-0.39, 0.29) is 5.70 Å². The molecule has 0 atom stereocenters. The number of nitrogens with zero attached hydrogens (tertiary/aromatic N) is 1. The first-order chi connectivity index (χ1) is 11.2. The summed E-state index contributed by atoms with van der Waals surface area (Å²) >= 11 is 0. The number of ether oxygens (including phenoxy) is 3. The van der Waals surface area contributed by atoms with Crippen molar-refractivity contribution in [3.63, 3.8) is 0 Å². The Morgan fingerprint density at radius 3 is 2.52 bits per heavy atom. The molecule has 116 valence electrons. The van der Waals surface area contributed by atoms with E-state index >= 15 is 0 Å². The van der Waals surface area contributed by atoms with Gasteiger partial charge in [0, 0.05) is 17.2 Å². The lowest BCUT2D eigenvalue weighted by Crippen LogP contribution is -2.05. The normalized spacial score (nSPS) is 15.3. The fraction of sp³-hybridized carbons (Fsp3) is 0.111. The van der Waals surface area contributed by atoms with Crippen molar-refractivity contribution in [1.29, 1.82) is 0 Å². The molecule has 3 rings (SSSR count). The van der Waals surface area contributed by atoms with Crippen LogP contribution in [0.3, 0.4) is 0 Å². The van der Waals surface area contributed by atoms with Gasteiger partial charge in [-0.15, -0.1) is 0 Å². The van der Waals surface area contributed by atoms with Gasteiger partial charge in [-0.2, -0.15) is 0 Å². The zero-order valence-electron chi connectivity index (χ0n) is 12.8. The van der Waals surface area contributed by atoms with Crippen LogP contribution >= 0.6 is 0 Å². The van der Waals surface area contributed by atoms with Crippen LogP contribution in [0.2, 0.25) is 0 Å². The van der Waals surface area contributed by atoms with Crippen LogP contribution in [0.1, 0.15) is 11.1 Å². The number of cyclic esters (lactones) is 1. The van der Waals surface area contributed by atoms with Gasteiger partial charge in [-0.3, -0.25) is 0 Å². The van der Waals surface area contributed by atoms with Gasteiger partial charge < -0.3 is 14.2 Å². The average molecular weight is 309 g/mol. The van der Waals surface area contributed by atoms with Gasteiger partial charge >= 0.3 is 5.97 Å². The SMILES string of the molecule is COc1ccc(C=C2N=C(c3ccccc3)OC2=O)c(OC)c1. The molecule has 0 spiro atoms. The lowest BCUT2D eigenvalue weighted by Gasteiger charge is -2.07. The van der Waals surface area contributed by atoms with E-state index in [1.807, 2.05) is 30.3 Å². The maximum absolute atomic E-state index is 12.0. The molecule has 0 fully saturated rings. The molecule has 0 amide bonds. The van der Waals surface area contributed by atoms with Crippen molar-refractivity contribution in [2.45, 2.75) is 0 Å². The Morgan fingerprint density at radius 2 is 1.83 bits per heavy atom. The van der Waals surface area contributed by atoms with E-state index in [4.69, 9.17) is 14.2 Å². The Hall–Kier alpha value is -3.08. The summed E-state index contributed by atoms with van der Waals surface area (Å²) in [4.78, 5) is 16.3. The lowest BCUT2D eigenvalue weighted by molar-refractivity contribution is -0.129. The largest absolute Gasteiger partial charge is 0.497 e. The molecule has 23 heavy (non-hydrogen) atoms. The number of carbonyl (C=O) groups excluding carboxylic acids is 1. The number of esters is 1. The maximum Gasteiger partial charge on any atom is 0.363 e. The molecule has 1 aliphatic rings. The van der Waals surface area contributed by atoms with Crippen LogP contribution in [0.25, 0.3) is 6.08 Å². The molecule has 0 aliphatic carbocycles. The third kappa shape index (κ3) is 3.08. The Morgan fingerprint density at radius 1 is 1.04 bits per heavy atom. The summed E-state index contributed by atoms with van der Waals surface area (Å²) < 4.78 is 15.7. The van der Waals surface area contributed by atoms with Gasteiger partial charge in [-0.1, -0.05) is 18.2 Å². The molecule has 1 aliphatic heterocycles. The zero-order chi connectivity index (χ0) is 16.2. The summed E-state index contributed by atoms with van der Waals surface area (Å²) in [6.07, 6.45) is 1.64. The minimum atomic E-state index is -0.485. The van der Waals surface area contributed by atoms with Crippen molar-refractivity contribution in [2.75, 3.05) is 14.2 Å². The quantitative estimate of drug-likeness (QED) is 0.643. The molecule has 5 heteroatoms. The van der Waals surface area contributed by atoms with Crippen LogP contribution in [0.4, 0.5) is 0 Å². The topological polar surface area (TPSA) is 57.1 Å². The molecule has 0 saturated carbocycles. The lowest BCUT2D eigenvalue weighted by atomic mass is 10.1. The fourth-order valence-corrected chi connectivity index (χ4v) is 2.20. The highest BCUT2D eigenvalue weighted by molar-refractivity contribution is 6.12. The number of hydrogen-bond donors (Lipinski definition) is 0. The van der Waals surface area contributed by atoms with Crippen molar-refractivity contribution in [3.8, 4) is 11.5 Å². The highest BCUT2D eigenvalue weighted by Crippen LogP contribution is 2.28. The van der Waals surface area contributed by atoms with Crippen LogP contribution in [-0.4, -0.2) is 26.1 Å². The molecule has 2 aromatic carbocycles. The second kappa shape index (κ2) is 6.36. The van der Waals surface area contributed by atoms with Gasteiger partial charge in [0.25, 0.3) is 0 Å². The van der Waals surface area contributed by atoms with Crippen LogP contribution in [0.15, 0.2) is 59.2 Å². The Kier molecular flexibility index (Phi) is 4.10. The van der Waals surface area contributed by atoms with Gasteiger partial charge in [0.15, 0.2) is 5.70 Å². The van der Waals surface area contributed by atoms with Crippen LogP contribution < -0.4 is 9.47 Å². The molecule has 0 unspecified atom stereocenters. The number of hydrogen-bond acceptors (Lipinski definition) is 5. The summed E-state index contributed by atoms with van der Waals surface area (Å²) in [5.74, 6) is 1.08. The first-order valence-corrected chi connectivity index (χ1v) is 7.01. The minimum Gasteiger partial charge on any atom is -0.497 e. The maximum atomic E-state index is 12.0. The molecule has 2 aromatic rings. The second-order valence-corrected chi connectivity index (χ2v) is 4.81. The molecular weight excluding hydrogens is 294 g/mol. The zero-order valence-corrected chi connectivity index (χ0v) is 12.8. The predicted octanol–water partition coefficient (Wildman–Crippen LogP) is 3.05. The van der Waals surface area contributed by atoms with Crippen LogP contribution in [-0.2, 0) is 9.53 Å². The Balaban J connectivity index is 1.96. The van der Waals surface area contributed by atoms with Crippen molar-refractivity contribution >= 4 is 17.9 Å². The molecule has 5 nitrogen and oxygen atoms in total. The van der Waals surface area contributed by atoms with Gasteiger partial charge in [0.2, 0.25) is 5.90 Å². The first-order valence-electron chi connectivity index (χ1n) is 7.01. The highest BCUT2D eigenvalue weighted by Gasteiger charge is 2.24. The summed E-state index contributed by atoms with van der Waals surface area (Å²) in [6, 6.07) is 14.6. The van der Waals surface area contributed by atoms with E-state index in [2.05, 4.69) is 4.99 Å². The molecule has 0 bridgehead atoms. The van der Waals surface area contributed by atoms with Gasteiger partial charge in [-0.05, 0) is 30.3 Å². The third-order valence-electron chi connectivity index (χ3n) is 3.37. The van der Waals surface area contributed by atoms with Crippen LogP contribution in [0.5, 0.6) is 11.5 Å². The number of carbonyl (C=O) groups is 1. The standard InChI is InChI=1S/C18H15NO4/c1-21-14-9-8-13(16(11-14)22-2)10-15-18(20)23-17(19-15)12-6-4-3-5-7-12/h3-11H,1-2H3. The predicted molar refractivity (Wildman–Crippen MR) is 86.6 cm³/mol. The average Bonchev–Trinajstić information content (AvgIpc) is 2.97. The number of aliphatic imine (C=N–C) groups is 1. The Labute approximate surface area is 133 Å². The van der Waals surface area contributed by atoms with Crippen LogP contribution in [0, 0.1) is 0 Å². The van der Waals surface area contributed by atoms with Gasteiger partial charge in [0.05, 0.1) is 14.2 Å². The number of benzene rings is 2. The Bertz CT molecular complexity index is 794.